The fourth-order valence-corrected chi connectivity index (χ4v) is 3.33. The van der Waals surface area contributed by atoms with Crippen LogP contribution in [0.25, 0.3) is 0 Å². The van der Waals surface area contributed by atoms with Gasteiger partial charge in [-0.15, -0.1) is 0 Å². The van der Waals surface area contributed by atoms with Gasteiger partial charge in [-0.2, -0.15) is 0 Å². The number of H-pyrrole nitrogens is 2. The summed E-state index contributed by atoms with van der Waals surface area (Å²) in [6.07, 6.45) is 0. The molecule has 0 fully saturated rings. The van der Waals surface area contributed by atoms with Crippen LogP contribution in [0.15, 0.2) is 0 Å². The molecule has 132 valence electrons. The highest BCUT2D eigenvalue weighted by molar-refractivity contribution is 5.19. The van der Waals surface area contributed by atoms with Crippen molar-refractivity contribution in [2.45, 2.75) is 79.8 Å². The highest BCUT2D eigenvalue weighted by Crippen LogP contribution is 2.22. The Balaban J connectivity index is 2.02. The van der Waals surface area contributed by atoms with Crippen molar-refractivity contribution in [3.63, 3.8) is 0 Å². The zero-order valence-corrected chi connectivity index (χ0v) is 15.8. The van der Waals surface area contributed by atoms with Crippen molar-refractivity contribution in [1.29, 1.82) is 0 Å². The summed E-state index contributed by atoms with van der Waals surface area (Å²) in [5.74, 6) is 2.00. The molecule has 6 nitrogen and oxygen atoms in total. The van der Waals surface area contributed by atoms with Crippen LogP contribution < -0.4 is 0 Å². The van der Waals surface area contributed by atoms with Gasteiger partial charge in [-0.05, 0) is 41.5 Å². The first-order valence-corrected chi connectivity index (χ1v) is 8.90. The molecular weight excluding hydrogens is 300 g/mol. The third kappa shape index (κ3) is 3.54. The van der Waals surface area contributed by atoms with Gasteiger partial charge in [-0.1, -0.05) is 0 Å². The maximum absolute atomic E-state index is 4.76. The van der Waals surface area contributed by atoms with Gasteiger partial charge in [0.05, 0.1) is 22.8 Å². The Labute approximate surface area is 144 Å². The number of hydrogen-bond acceptors (Lipinski definition) is 4. The van der Waals surface area contributed by atoms with E-state index in [1.54, 1.807) is 0 Å². The minimum Gasteiger partial charge on any atom is -0.345 e. The predicted octanol–water partition coefficient (Wildman–Crippen LogP) is 2.88. The lowest BCUT2D eigenvalue weighted by atomic mass is 10.1. The maximum Gasteiger partial charge on any atom is 0.103 e. The summed E-state index contributed by atoms with van der Waals surface area (Å²) in [6, 6.07) is 0.902. The Morgan fingerprint density at radius 1 is 0.708 bits per heavy atom. The Kier molecular flexibility index (Phi) is 4.78. The molecule has 0 atom stereocenters. The minimum absolute atomic E-state index is 0.445. The smallest absolute Gasteiger partial charge is 0.103 e. The molecular formula is C18H30N6. The molecule has 3 rings (SSSR count). The second kappa shape index (κ2) is 6.69. The standard InChI is InChI=1S/C18H30N6/c1-11(2)23-7-15-17(21-13(5)19-15)9-24(12(3)4)10-18-16(8-23)20-14(6)22-18/h11-12H,7-10H2,1-6H3,(H,19,21)(H,20,22). The second-order valence-corrected chi connectivity index (χ2v) is 7.49. The van der Waals surface area contributed by atoms with Crippen molar-refractivity contribution in [2.24, 2.45) is 0 Å². The zero-order valence-electron chi connectivity index (χ0n) is 15.8. The zero-order chi connectivity index (χ0) is 17.4. The minimum atomic E-state index is 0.445. The normalized spacial score (nSPS) is 17.3. The van der Waals surface area contributed by atoms with Gasteiger partial charge in [0.25, 0.3) is 0 Å². The predicted molar refractivity (Wildman–Crippen MR) is 95.4 cm³/mol. The summed E-state index contributed by atoms with van der Waals surface area (Å²) in [5, 5.41) is 0. The molecule has 6 heteroatoms. The lowest BCUT2D eigenvalue weighted by Gasteiger charge is -2.30. The van der Waals surface area contributed by atoms with Gasteiger partial charge in [0, 0.05) is 38.3 Å². The quantitative estimate of drug-likeness (QED) is 0.889. The Morgan fingerprint density at radius 3 is 1.46 bits per heavy atom. The summed E-state index contributed by atoms with van der Waals surface area (Å²) in [6.45, 7) is 16.5. The molecule has 2 aromatic rings. The van der Waals surface area contributed by atoms with Crippen LogP contribution in [0.1, 0.15) is 62.1 Å². The first kappa shape index (κ1) is 17.2. The maximum atomic E-state index is 4.76. The van der Waals surface area contributed by atoms with Crippen molar-refractivity contribution in [2.75, 3.05) is 0 Å². The molecule has 0 saturated carbocycles. The van der Waals surface area contributed by atoms with E-state index in [1.165, 1.54) is 22.8 Å². The Morgan fingerprint density at radius 2 is 1.08 bits per heavy atom. The van der Waals surface area contributed by atoms with Crippen LogP contribution in [0, 0.1) is 13.8 Å². The first-order chi connectivity index (χ1) is 11.3. The molecule has 0 saturated heterocycles. The van der Waals surface area contributed by atoms with Crippen molar-refractivity contribution in [3.8, 4) is 0 Å². The molecule has 0 aliphatic carbocycles. The lowest BCUT2D eigenvalue weighted by molar-refractivity contribution is 0.175. The van der Waals surface area contributed by atoms with Gasteiger partial charge in [0.1, 0.15) is 11.6 Å². The van der Waals surface area contributed by atoms with Crippen LogP contribution in [-0.2, 0) is 26.2 Å². The van der Waals surface area contributed by atoms with Gasteiger partial charge in [-0.25, -0.2) is 9.97 Å². The van der Waals surface area contributed by atoms with E-state index in [-0.39, 0.29) is 0 Å². The number of fused-ring (bicyclic) bond motifs is 2. The summed E-state index contributed by atoms with van der Waals surface area (Å²) >= 11 is 0. The second-order valence-electron chi connectivity index (χ2n) is 7.49. The molecule has 1 aliphatic rings. The Hall–Kier alpha value is -1.66. The number of aromatic nitrogens is 4. The highest BCUT2D eigenvalue weighted by atomic mass is 15.2. The number of hydrogen-bond donors (Lipinski definition) is 2. The third-order valence-corrected chi connectivity index (χ3v) is 4.85. The first-order valence-electron chi connectivity index (χ1n) is 8.90. The van der Waals surface area contributed by atoms with E-state index in [0.717, 1.165) is 37.8 Å². The molecule has 0 aromatic carbocycles. The van der Waals surface area contributed by atoms with Crippen LogP contribution in [-0.4, -0.2) is 41.8 Å². The summed E-state index contributed by atoms with van der Waals surface area (Å²) in [5.41, 5.74) is 4.82. The van der Waals surface area contributed by atoms with Crippen molar-refractivity contribution in [3.05, 3.63) is 34.4 Å². The number of imidazole rings is 2. The van der Waals surface area contributed by atoms with Crippen LogP contribution >= 0.6 is 0 Å². The molecule has 0 unspecified atom stereocenters. The van der Waals surface area contributed by atoms with Crippen molar-refractivity contribution in [1.82, 2.24) is 29.7 Å². The number of nitrogens with zero attached hydrogens (tertiary/aromatic N) is 4. The van der Waals surface area contributed by atoms with E-state index in [4.69, 9.17) is 9.97 Å². The number of aryl methyl sites for hydroxylation is 2. The lowest BCUT2D eigenvalue weighted by Crippen LogP contribution is -2.35. The molecule has 2 N–H and O–H groups in total. The van der Waals surface area contributed by atoms with E-state index in [1.807, 2.05) is 13.8 Å². The van der Waals surface area contributed by atoms with E-state index in [9.17, 15) is 0 Å². The van der Waals surface area contributed by atoms with Crippen LogP contribution in [0.4, 0.5) is 0 Å². The topological polar surface area (TPSA) is 63.8 Å². The average molecular weight is 330 g/mol. The summed E-state index contributed by atoms with van der Waals surface area (Å²) in [4.78, 5) is 21.4. The van der Waals surface area contributed by atoms with E-state index in [0.29, 0.717) is 12.1 Å². The van der Waals surface area contributed by atoms with E-state index in [2.05, 4.69) is 47.5 Å². The molecule has 0 bridgehead atoms. The number of aromatic amines is 2. The fraction of sp³-hybridized carbons (Fsp3) is 0.667. The summed E-state index contributed by atoms with van der Waals surface area (Å²) < 4.78 is 0. The van der Waals surface area contributed by atoms with Crippen molar-refractivity contribution >= 4 is 0 Å². The number of rotatable bonds is 2. The van der Waals surface area contributed by atoms with Crippen LogP contribution in [0.2, 0.25) is 0 Å². The molecule has 2 aromatic heterocycles. The molecule has 3 heterocycles. The average Bonchev–Trinajstić information content (AvgIpc) is 3.00. The Bertz CT molecular complexity index is 589. The van der Waals surface area contributed by atoms with Gasteiger partial charge in [-0.3, -0.25) is 9.80 Å². The largest absolute Gasteiger partial charge is 0.345 e. The van der Waals surface area contributed by atoms with Gasteiger partial charge >= 0.3 is 0 Å². The van der Waals surface area contributed by atoms with Gasteiger partial charge in [0.15, 0.2) is 0 Å². The number of nitrogens with one attached hydrogen (secondary N) is 2. The van der Waals surface area contributed by atoms with Gasteiger partial charge < -0.3 is 9.97 Å². The monoisotopic (exact) mass is 330 g/mol. The molecule has 0 spiro atoms. The van der Waals surface area contributed by atoms with E-state index >= 15 is 0 Å². The molecule has 1 aliphatic heterocycles. The summed E-state index contributed by atoms with van der Waals surface area (Å²) in [7, 11) is 0. The third-order valence-electron chi connectivity index (χ3n) is 4.85. The van der Waals surface area contributed by atoms with E-state index < -0.39 is 0 Å². The fourth-order valence-electron chi connectivity index (χ4n) is 3.33. The SMILES string of the molecule is Cc1nc2c([nH]1)CN(C(C)C)Cc1[nH]c(C)nc1CN(C(C)C)C2. The molecule has 0 radical (unpaired) electrons. The molecule has 24 heavy (non-hydrogen) atoms. The highest BCUT2D eigenvalue weighted by Gasteiger charge is 2.24. The van der Waals surface area contributed by atoms with Crippen LogP contribution in [0.5, 0.6) is 0 Å². The molecule has 0 amide bonds. The van der Waals surface area contributed by atoms with Crippen molar-refractivity contribution < 1.29 is 0 Å². The van der Waals surface area contributed by atoms with Gasteiger partial charge in [0.2, 0.25) is 0 Å². The van der Waals surface area contributed by atoms with Crippen LogP contribution in [0.3, 0.4) is 0 Å².